The average molecular weight is 490 g/mol. The SMILES string of the molecule is O=C(Oc1ccc2c(c1)O/C(=C\c1c(Cl)cccc1Cl)C2=O)c1ccc(Br)cc1. The van der Waals surface area contributed by atoms with Gasteiger partial charge in [0.05, 0.1) is 11.1 Å². The van der Waals surface area contributed by atoms with Crippen molar-refractivity contribution < 1.29 is 19.1 Å². The van der Waals surface area contributed by atoms with E-state index in [0.717, 1.165) is 4.47 Å². The summed E-state index contributed by atoms with van der Waals surface area (Å²) in [5, 5.41) is 0.808. The van der Waals surface area contributed by atoms with Gasteiger partial charge in [0.2, 0.25) is 5.78 Å². The van der Waals surface area contributed by atoms with Crippen molar-refractivity contribution in [2.45, 2.75) is 0 Å². The normalized spacial score (nSPS) is 13.9. The Hall–Kier alpha value is -2.60. The Kier molecular flexibility index (Phi) is 5.46. The predicted octanol–water partition coefficient (Wildman–Crippen LogP) is 6.59. The lowest BCUT2D eigenvalue weighted by atomic mass is 10.1. The first-order chi connectivity index (χ1) is 13.9. The van der Waals surface area contributed by atoms with Crippen LogP contribution >= 0.6 is 39.1 Å². The fourth-order valence-corrected chi connectivity index (χ4v) is 3.53. The van der Waals surface area contributed by atoms with Crippen LogP contribution in [-0.2, 0) is 0 Å². The summed E-state index contributed by atoms with van der Waals surface area (Å²) >= 11 is 15.6. The molecule has 0 saturated heterocycles. The van der Waals surface area contributed by atoms with Gasteiger partial charge in [-0.1, -0.05) is 45.2 Å². The molecule has 4 rings (SSSR count). The fourth-order valence-electron chi connectivity index (χ4n) is 2.76. The molecule has 1 heterocycles. The number of halogens is 3. The molecule has 0 N–H and O–H groups in total. The third kappa shape index (κ3) is 4.08. The van der Waals surface area contributed by atoms with Crippen LogP contribution in [0.25, 0.3) is 6.08 Å². The molecule has 7 heteroatoms. The highest BCUT2D eigenvalue weighted by molar-refractivity contribution is 9.10. The number of ketones is 1. The highest BCUT2D eigenvalue weighted by Gasteiger charge is 2.28. The smallest absolute Gasteiger partial charge is 0.343 e. The van der Waals surface area contributed by atoms with Crippen LogP contribution in [0.3, 0.4) is 0 Å². The number of esters is 1. The summed E-state index contributed by atoms with van der Waals surface area (Å²) < 4.78 is 11.9. The fraction of sp³-hybridized carbons (Fsp3) is 0. The minimum Gasteiger partial charge on any atom is -0.452 e. The maximum absolute atomic E-state index is 12.6. The zero-order chi connectivity index (χ0) is 20.5. The summed E-state index contributed by atoms with van der Waals surface area (Å²) in [6.45, 7) is 0. The minimum atomic E-state index is -0.514. The molecule has 4 nitrogen and oxygen atoms in total. The molecule has 0 fully saturated rings. The number of rotatable bonds is 3. The Labute approximate surface area is 184 Å². The zero-order valence-electron chi connectivity index (χ0n) is 14.6. The van der Waals surface area contributed by atoms with Crippen molar-refractivity contribution in [2.24, 2.45) is 0 Å². The second-order valence-corrected chi connectivity index (χ2v) is 7.86. The summed E-state index contributed by atoms with van der Waals surface area (Å²) in [6.07, 6.45) is 1.50. The lowest BCUT2D eigenvalue weighted by Gasteiger charge is -2.06. The third-order valence-corrected chi connectivity index (χ3v) is 5.39. The molecular weight excluding hydrogens is 479 g/mol. The van der Waals surface area contributed by atoms with Crippen LogP contribution in [0.5, 0.6) is 11.5 Å². The van der Waals surface area contributed by atoms with Crippen LogP contribution in [-0.4, -0.2) is 11.8 Å². The third-order valence-electron chi connectivity index (χ3n) is 4.21. The van der Waals surface area contributed by atoms with Gasteiger partial charge < -0.3 is 9.47 Å². The summed E-state index contributed by atoms with van der Waals surface area (Å²) in [5.74, 6) is -0.166. The topological polar surface area (TPSA) is 52.6 Å². The van der Waals surface area contributed by atoms with Gasteiger partial charge in [-0.15, -0.1) is 0 Å². The van der Waals surface area contributed by atoms with Crippen LogP contribution in [0.1, 0.15) is 26.3 Å². The van der Waals surface area contributed by atoms with Crippen LogP contribution in [0.4, 0.5) is 0 Å². The highest BCUT2D eigenvalue weighted by Crippen LogP contribution is 2.36. The Bertz CT molecular complexity index is 1150. The first-order valence-corrected chi connectivity index (χ1v) is 9.97. The van der Waals surface area contributed by atoms with Crippen LogP contribution in [0.2, 0.25) is 10.0 Å². The van der Waals surface area contributed by atoms with Gasteiger partial charge in [-0.3, -0.25) is 4.79 Å². The first kappa shape index (κ1) is 19.7. The molecule has 3 aromatic carbocycles. The van der Waals surface area contributed by atoms with Crippen molar-refractivity contribution in [3.63, 3.8) is 0 Å². The van der Waals surface area contributed by atoms with Gasteiger partial charge in [-0.2, -0.15) is 0 Å². The number of carbonyl (C=O) groups is 2. The first-order valence-electron chi connectivity index (χ1n) is 8.42. The van der Waals surface area contributed by atoms with Gasteiger partial charge in [0, 0.05) is 26.1 Å². The molecule has 3 aromatic rings. The van der Waals surface area contributed by atoms with Crippen molar-refractivity contribution >= 4 is 57.0 Å². The summed E-state index contributed by atoms with van der Waals surface area (Å²) in [7, 11) is 0. The van der Waals surface area contributed by atoms with Gasteiger partial charge in [-0.25, -0.2) is 4.79 Å². The van der Waals surface area contributed by atoms with E-state index >= 15 is 0 Å². The molecule has 0 unspecified atom stereocenters. The van der Waals surface area contributed by atoms with E-state index in [4.69, 9.17) is 32.7 Å². The van der Waals surface area contributed by atoms with E-state index < -0.39 is 5.97 Å². The number of Topliss-reactive ketones (excluding diaryl/α,β-unsaturated/α-hetero) is 1. The monoisotopic (exact) mass is 488 g/mol. The molecule has 144 valence electrons. The predicted molar refractivity (Wildman–Crippen MR) is 115 cm³/mol. The van der Waals surface area contributed by atoms with Crippen molar-refractivity contribution in [1.82, 2.24) is 0 Å². The van der Waals surface area contributed by atoms with E-state index in [1.807, 2.05) is 0 Å². The molecule has 0 amide bonds. The summed E-state index contributed by atoms with van der Waals surface area (Å²) in [5.41, 5.74) is 1.26. The van der Waals surface area contributed by atoms with Crippen molar-refractivity contribution in [3.8, 4) is 11.5 Å². The van der Waals surface area contributed by atoms with Crippen molar-refractivity contribution in [2.75, 3.05) is 0 Å². The highest BCUT2D eigenvalue weighted by atomic mass is 79.9. The largest absolute Gasteiger partial charge is 0.452 e. The van der Waals surface area contributed by atoms with Crippen LogP contribution < -0.4 is 9.47 Å². The number of benzene rings is 3. The van der Waals surface area contributed by atoms with Gasteiger partial charge in [-0.05, 0) is 54.6 Å². The number of hydrogen-bond acceptors (Lipinski definition) is 4. The van der Waals surface area contributed by atoms with Crippen molar-refractivity contribution in [1.29, 1.82) is 0 Å². The van der Waals surface area contributed by atoms with E-state index in [0.29, 0.717) is 32.5 Å². The van der Waals surface area contributed by atoms with Gasteiger partial charge in [0.15, 0.2) is 5.76 Å². The molecule has 0 aliphatic carbocycles. The van der Waals surface area contributed by atoms with E-state index in [1.54, 1.807) is 54.6 Å². The van der Waals surface area contributed by atoms with Crippen LogP contribution in [0, 0.1) is 0 Å². The standard InChI is InChI=1S/C22H11BrCl2O4/c23-13-6-4-12(5-7-13)22(27)28-14-8-9-15-19(10-14)29-20(21(15)26)11-16-17(24)2-1-3-18(16)25/h1-11H/b20-11-. The molecule has 0 bridgehead atoms. The molecule has 0 aromatic heterocycles. The van der Waals surface area contributed by atoms with E-state index in [9.17, 15) is 9.59 Å². The Morgan fingerprint density at radius 3 is 2.38 bits per heavy atom. The van der Waals surface area contributed by atoms with E-state index in [-0.39, 0.29) is 17.3 Å². The Balaban J connectivity index is 1.58. The number of ether oxygens (including phenoxy) is 2. The molecule has 0 atom stereocenters. The molecule has 29 heavy (non-hydrogen) atoms. The zero-order valence-corrected chi connectivity index (χ0v) is 17.7. The quantitative estimate of drug-likeness (QED) is 0.236. The van der Waals surface area contributed by atoms with E-state index in [2.05, 4.69) is 15.9 Å². The molecule has 0 spiro atoms. The van der Waals surface area contributed by atoms with Gasteiger partial charge in [0.25, 0.3) is 0 Å². The molecule has 0 saturated carbocycles. The minimum absolute atomic E-state index is 0.0892. The summed E-state index contributed by atoms with van der Waals surface area (Å²) in [6, 6.07) is 16.4. The summed E-state index contributed by atoms with van der Waals surface area (Å²) in [4.78, 5) is 24.9. The molecular formula is C22H11BrCl2O4. The number of allylic oxidation sites excluding steroid dienone is 1. The Morgan fingerprint density at radius 2 is 1.69 bits per heavy atom. The van der Waals surface area contributed by atoms with Crippen molar-refractivity contribution in [3.05, 3.63) is 97.6 Å². The molecule has 1 aliphatic heterocycles. The van der Waals surface area contributed by atoms with Gasteiger partial charge >= 0.3 is 5.97 Å². The Morgan fingerprint density at radius 1 is 1.00 bits per heavy atom. The average Bonchev–Trinajstić information content (AvgIpc) is 3.00. The van der Waals surface area contributed by atoms with Crippen LogP contribution in [0.15, 0.2) is 70.9 Å². The molecule has 0 radical (unpaired) electrons. The maximum atomic E-state index is 12.6. The van der Waals surface area contributed by atoms with Gasteiger partial charge in [0.1, 0.15) is 11.5 Å². The second-order valence-electron chi connectivity index (χ2n) is 6.13. The molecule has 1 aliphatic rings. The second kappa shape index (κ2) is 8.03. The van der Waals surface area contributed by atoms with E-state index in [1.165, 1.54) is 12.1 Å². The lowest BCUT2D eigenvalue weighted by Crippen LogP contribution is -2.08. The number of hydrogen-bond donors (Lipinski definition) is 0. The lowest BCUT2D eigenvalue weighted by molar-refractivity contribution is 0.0734. The number of fused-ring (bicyclic) bond motifs is 1. The number of carbonyl (C=O) groups excluding carboxylic acids is 2. The maximum Gasteiger partial charge on any atom is 0.343 e.